The van der Waals surface area contributed by atoms with Crippen molar-refractivity contribution in [2.24, 2.45) is 5.92 Å². The van der Waals surface area contributed by atoms with E-state index in [9.17, 15) is 13.2 Å². The van der Waals surface area contributed by atoms with Gasteiger partial charge in [0.2, 0.25) is 0 Å². The second-order valence-electron chi connectivity index (χ2n) is 5.34. The Labute approximate surface area is 123 Å². The van der Waals surface area contributed by atoms with Crippen molar-refractivity contribution in [2.45, 2.75) is 38.0 Å². The fourth-order valence-corrected chi connectivity index (χ4v) is 3.39. The van der Waals surface area contributed by atoms with E-state index in [0.717, 1.165) is 17.9 Å². The number of amides is 1. The lowest BCUT2D eigenvalue weighted by Crippen LogP contribution is -2.25. The highest BCUT2D eigenvalue weighted by atomic mass is 35.7. The highest BCUT2D eigenvalue weighted by Crippen LogP contribution is 2.31. The summed E-state index contributed by atoms with van der Waals surface area (Å²) in [4.78, 5) is 12.0. The predicted molar refractivity (Wildman–Crippen MR) is 78.6 cm³/mol. The molecule has 2 rings (SSSR count). The van der Waals surface area contributed by atoms with Crippen LogP contribution in [0, 0.1) is 19.8 Å². The molecule has 0 saturated heterocycles. The molecule has 0 atom stereocenters. The number of carbonyl (C=O) groups excluding carboxylic acids is 1. The van der Waals surface area contributed by atoms with Crippen LogP contribution in [0.5, 0.6) is 0 Å². The molecule has 0 aliphatic heterocycles. The molecule has 0 heterocycles. The van der Waals surface area contributed by atoms with E-state index in [-0.39, 0.29) is 10.8 Å². The Kier molecular flexibility index (Phi) is 4.39. The number of nitrogens with one attached hydrogen (secondary N) is 1. The van der Waals surface area contributed by atoms with Gasteiger partial charge in [0.1, 0.15) is 0 Å². The summed E-state index contributed by atoms with van der Waals surface area (Å²) >= 11 is 0. The highest BCUT2D eigenvalue weighted by molar-refractivity contribution is 8.13. The lowest BCUT2D eigenvalue weighted by Gasteiger charge is -2.10. The number of hydrogen-bond acceptors (Lipinski definition) is 3. The third-order valence-electron chi connectivity index (χ3n) is 3.68. The smallest absolute Gasteiger partial charge is 0.261 e. The molecule has 1 fully saturated rings. The Morgan fingerprint density at radius 2 is 2.00 bits per heavy atom. The summed E-state index contributed by atoms with van der Waals surface area (Å²) in [5.41, 5.74) is 1.65. The number of benzene rings is 1. The van der Waals surface area contributed by atoms with Crippen LogP contribution in [0.15, 0.2) is 17.0 Å². The van der Waals surface area contributed by atoms with Crippen LogP contribution in [0.2, 0.25) is 0 Å². The van der Waals surface area contributed by atoms with Crippen LogP contribution in [0.4, 0.5) is 0 Å². The Morgan fingerprint density at radius 3 is 2.55 bits per heavy atom. The van der Waals surface area contributed by atoms with E-state index in [1.54, 1.807) is 19.9 Å². The molecule has 1 aromatic carbocycles. The molecule has 1 aliphatic carbocycles. The topological polar surface area (TPSA) is 63.2 Å². The average molecular weight is 316 g/mol. The van der Waals surface area contributed by atoms with Crippen LogP contribution in [0.1, 0.15) is 40.7 Å². The second kappa shape index (κ2) is 5.74. The van der Waals surface area contributed by atoms with E-state index in [1.807, 2.05) is 0 Å². The summed E-state index contributed by atoms with van der Waals surface area (Å²) in [7, 11) is 1.56. The minimum atomic E-state index is -3.84. The van der Waals surface area contributed by atoms with Gasteiger partial charge < -0.3 is 5.32 Å². The molecule has 1 saturated carbocycles. The summed E-state index contributed by atoms with van der Waals surface area (Å²) < 4.78 is 23.1. The molecule has 0 unspecified atom stereocenters. The van der Waals surface area contributed by atoms with Gasteiger partial charge in [-0.15, -0.1) is 0 Å². The number of rotatable bonds is 5. The molecule has 1 aromatic rings. The molecule has 0 radical (unpaired) electrons. The third-order valence-corrected chi connectivity index (χ3v) is 5.13. The largest absolute Gasteiger partial charge is 0.352 e. The first kappa shape index (κ1) is 15.3. The molecule has 1 aliphatic rings. The molecule has 1 N–H and O–H groups in total. The number of carbonyl (C=O) groups is 1. The number of halogens is 1. The Morgan fingerprint density at radius 1 is 1.35 bits per heavy atom. The Hall–Kier alpha value is -1.07. The zero-order valence-electron chi connectivity index (χ0n) is 11.6. The first-order valence-corrected chi connectivity index (χ1v) is 8.94. The quantitative estimate of drug-likeness (QED) is 0.850. The molecule has 0 aromatic heterocycles. The van der Waals surface area contributed by atoms with Crippen molar-refractivity contribution in [1.29, 1.82) is 0 Å². The van der Waals surface area contributed by atoms with E-state index in [4.69, 9.17) is 10.7 Å². The SMILES string of the molecule is Cc1cc(C(=O)NCCC2CC2)cc(S(=O)(=O)Cl)c1C. The van der Waals surface area contributed by atoms with Gasteiger partial charge in [-0.2, -0.15) is 0 Å². The summed E-state index contributed by atoms with van der Waals surface area (Å²) in [6, 6.07) is 3.03. The second-order valence-corrected chi connectivity index (χ2v) is 7.88. The minimum Gasteiger partial charge on any atom is -0.352 e. The fraction of sp³-hybridized carbons (Fsp3) is 0.500. The normalized spacial score (nSPS) is 15.2. The van der Waals surface area contributed by atoms with Gasteiger partial charge in [-0.3, -0.25) is 4.79 Å². The first-order valence-electron chi connectivity index (χ1n) is 6.63. The van der Waals surface area contributed by atoms with Crippen LogP contribution >= 0.6 is 10.7 Å². The number of aryl methyl sites for hydroxylation is 1. The monoisotopic (exact) mass is 315 g/mol. The van der Waals surface area contributed by atoms with Gasteiger partial charge in [0, 0.05) is 22.8 Å². The molecule has 0 spiro atoms. The van der Waals surface area contributed by atoms with Crippen LogP contribution < -0.4 is 5.32 Å². The first-order chi connectivity index (χ1) is 9.29. The van der Waals surface area contributed by atoms with Gasteiger partial charge in [0.25, 0.3) is 15.0 Å². The molecule has 0 bridgehead atoms. The van der Waals surface area contributed by atoms with E-state index >= 15 is 0 Å². The minimum absolute atomic E-state index is 0.00603. The lowest BCUT2D eigenvalue weighted by molar-refractivity contribution is 0.0952. The zero-order chi connectivity index (χ0) is 14.9. The van der Waals surface area contributed by atoms with E-state index < -0.39 is 9.05 Å². The Bertz CT molecular complexity index is 636. The van der Waals surface area contributed by atoms with Crippen molar-refractivity contribution in [3.8, 4) is 0 Å². The summed E-state index contributed by atoms with van der Waals surface area (Å²) in [6.07, 6.45) is 3.47. The van der Waals surface area contributed by atoms with Crippen molar-refractivity contribution >= 4 is 25.6 Å². The molecule has 110 valence electrons. The van der Waals surface area contributed by atoms with Crippen LogP contribution in [-0.4, -0.2) is 20.9 Å². The summed E-state index contributed by atoms with van der Waals surface area (Å²) in [6.45, 7) is 4.07. The van der Waals surface area contributed by atoms with Crippen molar-refractivity contribution < 1.29 is 13.2 Å². The molecule has 1 amide bonds. The molecule has 6 heteroatoms. The zero-order valence-corrected chi connectivity index (χ0v) is 13.1. The predicted octanol–water partition coefficient (Wildman–Crippen LogP) is 2.76. The van der Waals surface area contributed by atoms with Crippen molar-refractivity contribution in [1.82, 2.24) is 5.32 Å². The van der Waals surface area contributed by atoms with E-state index in [2.05, 4.69) is 5.32 Å². The maximum absolute atomic E-state index is 12.0. The van der Waals surface area contributed by atoms with Crippen molar-refractivity contribution in [3.05, 3.63) is 28.8 Å². The lowest BCUT2D eigenvalue weighted by atomic mass is 10.1. The summed E-state index contributed by atoms with van der Waals surface area (Å²) in [5, 5.41) is 2.82. The number of hydrogen-bond donors (Lipinski definition) is 1. The third kappa shape index (κ3) is 3.73. The van der Waals surface area contributed by atoms with Crippen molar-refractivity contribution in [3.63, 3.8) is 0 Å². The Balaban J connectivity index is 2.18. The molecular formula is C14H18ClNO3S. The van der Waals surface area contributed by atoms with Gasteiger partial charge in [0.15, 0.2) is 0 Å². The van der Waals surface area contributed by atoms with E-state index in [1.165, 1.54) is 18.9 Å². The van der Waals surface area contributed by atoms with Gasteiger partial charge >= 0.3 is 0 Å². The highest BCUT2D eigenvalue weighted by Gasteiger charge is 2.21. The van der Waals surface area contributed by atoms with Crippen LogP contribution in [0.25, 0.3) is 0 Å². The molecule has 4 nitrogen and oxygen atoms in total. The summed E-state index contributed by atoms with van der Waals surface area (Å²) in [5.74, 6) is 0.490. The van der Waals surface area contributed by atoms with Gasteiger partial charge in [-0.05, 0) is 49.4 Å². The molecular weight excluding hydrogens is 298 g/mol. The standard InChI is InChI=1S/C14H18ClNO3S/c1-9-7-12(8-13(10(9)2)20(15,18)19)14(17)16-6-5-11-3-4-11/h7-8,11H,3-6H2,1-2H3,(H,16,17). The van der Waals surface area contributed by atoms with E-state index in [0.29, 0.717) is 17.7 Å². The fourth-order valence-electron chi connectivity index (χ4n) is 2.11. The molecule has 20 heavy (non-hydrogen) atoms. The van der Waals surface area contributed by atoms with Gasteiger partial charge in [-0.1, -0.05) is 12.8 Å². The van der Waals surface area contributed by atoms with Crippen LogP contribution in [0.3, 0.4) is 0 Å². The van der Waals surface area contributed by atoms with Gasteiger partial charge in [-0.25, -0.2) is 8.42 Å². The van der Waals surface area contributed by atoms with Gasteiger partial charge in [0.05, 0.1) is 4.90 Å². The van der Waals surface area contributed by atoms with Crippen molar-refractivity contribution in [2.75, 3.05) is 6.54 Å². The average Bonchev–Trinajstić information content (AvgIpc) is 3.14. The van der Waals surface area contributed by atoms with Crippen LogP contribution in [-0.2, 0) is 9.05 Å². The maximum atomic E-state index is 12.0. The maximum Gasteiger partial charge on any atom is 0.261 e.